The number of ether oxygens (including phenoxy) is 1. The molecule has 0 aliphatic carbocycles. The summed E-state index contributed by atoms with van der Waals surface area (Å²) in [4.78, 5) is 37.1. The van der Waals surface area contributed by atoms with E-state index in [1.54, 1.807) is 22.9 Å². The van der Waals surface area contributed by atoms with Crippen molar-refractivity contribution >= 4 is 48.1 Å². The van der Waals surface area contributed by atoms with Crippen LogP contribution in [-0.4, -0.2) is 63.9 Å². The molecule has 0 amide bonds. The van der Waals surface area contributed by atoms with Crippen LogP contribution in [0.15, 0.2) is 75.6 Å². The molecule has 4 N–H and O–H groups in total. The fourth-order valence-corrected chi connectivity index (χ4v) is 7.17. The fraction of sp³-hybridized carbons (Fsp3) is 0.208. The Balaban J connectivity index is 1.39. The van der Waals surface area contributed by atoms with Gasteiger partial charge >= 0.3 is 7.15 Å². The van der Waals surface area contributed by atoms with Gasteiger partial charge in [0, 0.05) is 11.1 Å². The molecule has 4 unspecified atom stereocenters. The number of nitrogens with zero attached hydrogens (tertiary/aromatic N) is 4. The quantitative estimate of drug-likeness (QED) is 0.157. The standard InChI is InChI=1S/C24H20N5O7PS2/c30-13-6-8-14(9-7-13)39-24-26-17-20(29(24)22-18(31)19-16(35-22)11-34-37(33,38)36-19)27-23-25-15(10-28(23)21(17)32)12-4-2-1-3-5-12/h1-10,16,18-19,22,31,33,38H,11H2,(H-,25,27,30,32)/p+1/t16?,18?,19?,22-,37?/m1/s1. The third kappa shape index (κ3) is 4.33. The maximum atomic E-state index is 13.6. The number of benzene rings is 2. The zero-order chi connectivity index (χ0) is 26.9. The number of rotatable bonds is 4. The van der Waals surface area contributed by atoms with Gasteiger partial charge in [0.2, 0.25) is 5.78 Å². The monoisotopic (exact) mass is 586 g/mol. The molecule has 5 atom stereocenters. The van der Waals surface area contributed by atoms with Crippen molar-refractivity contribution in [3.05, 3.63) is 71.1 Å². The van der Waals surface area contributed by atoms with Crippen LogP contribution in [0.4, 0.5) is 0 Å². The summed E-state index contributed by atoms with van der Waals surface area (Å²) in [5.74, 6) is 0.392. The van der Waals surface area contributed by atoms with Crippen molar-refractivity contribution in [3.8, 4) is 17.0 Å². The van der Waals surface area contributed by atoms with E-state index in [0.717, 1.165) is 10.5 Å². The van der Waals surface area contributed by atoms with E-state index < -0.39 is 37.2 Å². The molecule has 0 saturated carbocycles. The van der Waals surface area contributed by atoms with Gasteiger partial charge < -0.3 is 19.9 Å². The highest BCUT2D eigenvalue weighted by Gasteiger charge is 2.58. The van der Waals surface area contributed by atoms with Crippen LogP contribution in [-0.2, 0) is 13.8 Å². The molecular weight excluding hydrogens is 565 g/mol. The molecule has 7 rings (SSSR count). The molecule has 2 aliphatic rings. The summed E-state index contributed by atoms with van der Waals surface area (Å²) in [6, 6.07) is 16.0. The van der Waals surface area contributed by atoms with Gasteiger partial charge in [-0.2, -0.15) is 18.9 Å². The molecule has 3 aromatic heterocycles. The summed E-state index contributed by atoms with van der Waals surface area (Å²) in [6.45, 7) is -0.0313. The molecule has 2 fully saturated rings. The first-order chi connectivity index (χ1) is 18.8. The highest BCUT2D eigenvalue weighted by atomic mass is 32.7. The summed E-state index contributed by atoms with van der Waals surface area (Å²) in [5.41, 5.74) is 1.45. The minimum Gasteiger partial charge on any atom is -0.508 e. The normalized spacial score (nSPS) is 26.8. The Kier molecular flexibility index (Phi) is 5.99. The SMILES string of the molecule is O=c1c2nc(Sc3ccc(O)cc3)n([C@@H]3OC4CO[P+](O)(S)OC4C3O)c2nc2[nH]c(-c3ccccc3)cn12. The van der Waals surface area contributed by atoms with Gasteiger partial charge in [-0.05, 0) is 29.8 Å². The van der Waals surface area contributed by atoms with Crippen LogP contribution in [0.25, 0.3) is 28.2 Å². The van der Waals surface area contributed by atoms with Crippen molar-refractivity contribution in [2.45, 2.75) is 34.6 Å². The van der Waals surface area contributed by atoms with Crippen LogP contribution in [0.5, 0.6) is 5.75 Å². The molecule has 0 spiro atoms. The first-order valence-electron chi connectivity index (χ1n) is 11.8. The predicted octanol–water partition coefficient (Wildman–Crippen LogP) is 3.17. The minimum atomic E-state index is -3.41. The van der Waals surface area contributed by atoms with Crippen LogP contribution in [0.3, 0.4) is 0 Å². The molecule has 12 nitrogen and oxygen atoms in total. The molecule has 2 aromatic carbocycles. The van der Waals surface area contributed by atoms with Gasteiger partial charge in [0.25, 0.3) is 5.56 Å². The van der Waals surface area contributed by atoms with Crippen LogP contribution in [0, 0.1) is 0 Å². The molecule has 200 valence electrons. The number of fused-ring (bicyclic) bond motifs is 3. The van der Waals surface area contributed by atoms with Crippen molar-refractivity contribution in [2.75, 3.05) is 6.61 Å². The van der Waals surface area contributed by atoms with E-state index in [-0.39, 0.29) is 29.3 Å². The number of aliphatic hydroxyl groups excluding tert-OH is 1. The van der Waals surface area contributed by atoms with Crippen LogP contribution in [0.1, 0.15) is 6.23 Å². The van der Waals surface area contributed by atoms with Crippen LogP contribution in [0.2, 0.25) is 0 Å². The lowest BCUT2D eigenvalue weighted by Crippen LogP contribution is -2.39. The minimum absolute atomic E-state index is 0.0313. The molecule has 0 bridgehead atoms. The molecule has 39 heavy (non-hydrogen) atoms. The number of nitrogens with one attached hydrogen (secondary N) is 1. The number of aromatic nitrogens is 5. The van der Waals surface area contributed by atoms with Crippen molar-refractivity contribution < 1.29 is 28.9 Å². The van der Waals surface area contributed by atoms with Crippen molar-refractivity contribution in [1.29, 1.82) is 0 Å². The lowest BCUT2D eigenvalue weighted by atomic mass is 10.1. The summed E-state index contributed by atoms with van der Waals surface area (Å²) >= 11 is 5.25. The highest BCUT2D eigenvalue weighted by molar-refractivity contribution is 8.47. The van der Waals surface area contributed by atoms with E-state index in [1.165, 1.54) is 28.3 Å². The number of imidazole rings is 2. The Morgan fingerprint density at radius 2 is 1.90 bits per heavy atom. The zero-order valence-corrected chi connectivity index (χ0v) is 22.5. The Bertz CT molecular complexity index is 1760. The molecule has 5 aromatic rings. The molecule has 5 heterocycles. The smallest absolute Gasteiger partial charge is 0.476 e. The maximum Gasteiger partial charge on any atom is 0.476 e. The van der Waals surface area contributed by atoms with Gasteiger partial charge in [0.1, 0.15) is 24.6 Å². The van der Waals surface area contributed by atoms with E-state index in [4.69, 9.17) is 18.8 Å². The lowest BCUT2D eigenvalue weighted by Gasteiger charge is -2.25. The van der Waals surface area contributed by atoms with Crippen molar-refractivity contribution in [3.63, 3.8) is 0 Å². The van der Waals surface area contributed by atoms with Crippen molar-refractivity contribution in [1.82, 2.24) is 23.9 Å². The van der Waals surface area contributed by atoms with Gasteiger partial charge in [-0.25, -0.2) is 9.38 Å². The van der Waals surface area contributed by atoms with Crippen molar-refractivity contribution in [2.24, 2.45) is 0 Å². The Morgan fingerprint density at radius 1 is 1.13 bits per heavy atom. The average molecular weight is 587 g/mol. The zero-order valence-electron chi connectivity index (χ0n) is 19.9. The highest BCUT2D eigenvalue weighted by Crippen LogP contribution is 2.66. The number of aromatic amines is 1. The fourth-order valence-electron chi connectivity index (χ4n) is 4.75. The summed E-state index contributed by atoms with van der Waals surface area (Å²) in [6.07, 6.45) is -2.25. The van der Waals surface area contributed by atoms with Gasteiger partial charge in [-0.1, -0.05) is 42.1 Å². The predicted molar refractivity (Wildman–Crippen MR) is 146 cm³/mol. The van der Waals surface area contributed by atoms with Gasteiger partial charge in [-0.15, -0.1) is 0 Å². The number of phenolic OH excluding ortho intramolecular Hbond substituents is 1. The average Bonchev–Trinajstić information content (AvgIpc) is 3.60. The number of hydrogen-bond acceptors (Lipinski definition) is 11. The molecule has 0 radical (unpaired) electrons. The second-order valence-corrected chi connectivity index (χ2v) is 13.1. The topological polar surface area (TPSA) is 156 Å². The second-order valence-electron chi connectivity index (χ2n) is 9.09. The maximum absolute atomic E-state index is 13.6. The first-order valence-corrected chi connectivity index (χ1v) is 15.4. The molecule has 15 heteroatoms. The third-order valence-electron chi connectivity index (χ3n) is 6.58. The number of hydrogen-bond donors (Lipinski definition) is 5. The number of phenols is 1. The molecule has 2 saturated heterocycles. The van der Waals surface area contributed by atoms with E-state index in [9.17, 15) is 19.9 Å². The van der Waals surface area contributed by atoms with E-state index in [0.29, 0.717) is 10.9 Å². The molecular formula is C24H21N5O7PS2+. The largest absolute Gasteiger partial charge is 0.508 e. The first kappa shape index (κ1) is 25.1. The number of H-pyrrole nitrogens is 1. The number of aliphatic hydroxyl groups is 1. The van der Waals surface area contributed by atoms with Gasteiger partial charge in [0.05, 0.1) is 17.9 Å². The Labute approximate surface area is 229 Å². The van der Waals surface area contributed by atoms with E-state index in [2.05, 4.69) is 22.2 Å². The lowest BCUT2D eigenvalue weighted by molar-refractivity contribution is -0.0625. The Hall–Kier alpha value is -2.94. The second kappa shape index (κ2) is 9.32. The molecule has 2 aliphatic heterocycles. The summed E-state index contributed by atoms with van der Waals surface area (Å²) in [7, 11) is -3.41. The third-order valence-corrected chi connectivity index (χ3v) is 9.19. The van der Waals surface area contributed by atoms with Gasteiger partial charge in [0.15, 0.2) is 28.7 Å². The summed E-state index contributed by atoms with van der Waals surface area (Å²) in [5, 5.41) is 21.3. The Morgan fingerprint density at radius 3 is 2.67 bits per heavy atom. The number of aromatic hydroxyl groups is 1. The van der Waals surface area contributed by atoms with E-state index >= 15 is 0 Å². The van der Waals surface area contributed by atoms with Crippen LogP contribution >= 0.6 is 31.2 Å². The number of thiol groups is 1. The van der Waals surface area contributed by atoms with E-state index in [1.807, 2.05) is 30.3 Å². The van der Waals surface area contributed by atoms with Gasteiger partial charge in [-0.3, -0.25) is 9.36 Å². The summed E-state index contributed by atoms with van der Waals surface area (Å²) < 4.78 is 19.9. The van der Waals surface area contributed by atoms with Crippen LogP contribution < -0.4 is 5.56 Å².